The van der Waals surface area contributed by atoms with Gasteiger partial charge in [0.1, 0.15) is 12.7 Å². The van der Waals surface area contributed by atoms with Gasteiger partial charge >= 0.3 is 0 Å². The molecule has 1 N–H and O–H groups in total. The van der Waals surface area contributed by atoms with Gasteiger partial charge in [0.25, 0.3) is 5.95 Å². The van der Waals surface area contributed by atoms with E-state index in [1.54, 1.807) is 13.4 Å². The first-order valence-electron chi connectivity index (χ1n) is 6.91. The van der Waals surface area contributed by atoms with Gasteiger partial charge in [-0.05, 0) is 14.0 Å². The van der Waals surface area contributed by atoms with E-state index < -0.39 is 0 Å². The van der Waals surface area contributed by atoms with Gasteiger partial charge in [-0.25, -0.2) is 4.98 Å². The Morgan fingerprint density at radius 2 is 2.00 bits per heavy atom. The van der Waals surface area contributed by atoms with Crippen molar-refractivity contribution in [2.75, 3.05) is 43.9 Å². The van der Waals surface area contributed by atoms with E-state index in [4.69, 9.17) is 0 Å². The Labute approximate surface area is 123 Å². The number of hydrogen-bond donors (Lipinski definition) is 1. The minimum absolute atomic E-state index is 0.347. The molecular formula is C12H19N9. The van der Waals surface area contributed by atoms with E-state index in [1.807, 2.05) is 0 Å². The third-order valence-electron chi connectivity index (χ3n) is 3.55. The lowest BCUT2D eigenvalue weighted by molar-refractivity contribution is 0.273. The largest absolute Gasteiger partial charge is 0.357 e. The summed E-state index contributed by atoms with van der Waals surface area (Å²) in [4.78, 5) is 21.8. The minimum atomic E-state index is 0.347. The van der Waals surface area contributed by atoms with Crippen molar-refractivity contribution < 1.29 is 0 Å². The predicted molar refractivity (Wildman–Crippen MR) is 78.6 cm³/mol. The molecule has 1 aliphatic heterocycles. The van der Waals surface area contributed by atoms with Gasteiger partial charge in [0.2, 0.25) is 11.9 Å². The molecule has 0 spiro atoms. The molecule has 2 aromatic heterocycles. The average Bonchev–Trinajstić information content (AvgIpc) is 3.01. The third-order valence-corrected chi connectivity index (χ3v) is 3.55. The Hall–Kier alpha value is -2.29. The topological polar surface area (TPSA) is 87.9 Å². The molecule has 0 radical (unpaired) electrons. The van der Waals surface area contributed by atoms with Gasteiger partial charge in [-0.3, -0.25) is 0 Å². The molecule has 3 heterocycles. The number of nitrogens with one attached hydrogen (secondary N) is 1. The van der Waals surface area contributed by atoms with Gasteiger partial charge in [0, 0.05) is 32.7 Å². The molecule has 1 saturated heterocycles. The van der Waals surface area contributed by atoms with Gasteiger partial charge in [-0.1, -0.05) is 0 Å². The molecule has 112 valence electrons. The maximum Gasteiger partial charge on any atom is 0.258 e. The molecular weight excluding hydrogens is 270 g/mol. The monoisotopic (exact) mass is 289 g/mol. The highest BCUT2D eigenvalue weighted by Crippen LogP contribution is 2.18. The predicted octanol–water partition coefficient (Wildman–Crippen LogP) is -0.366. The maximum atomic E-state index is 4.53. The summed E-state index contributed by atoms with van der Waals surface area (Å²) in [5.41, 5.74) is 0. The maximum absolute atomic E-state index is 4.53. The molecule has 0 bridgehead atoms. The quantitative estimate of drug-likeness (QED) is 0.819. The van der Waals surface area contributed by atoms with E-state index in [0.717, 1.165) is 19.6 Å². The van der Waals surface area contributed by atoms with Crippen molar-refractivity contribution in [1.29, 1.82) is 0 Å². The molecule has 1 fully saturated rings. The van der Waals surface area contributed by atoms with Crippen LogP contribution in [0.3, 0.4) is 0 Å². The van der Waals surface area contributed by atoms with Crippen LogP contribution in [0.1, 0.15) is 6.92 Å². The Balaban J connectivity index is 1.96. The van der Waals surface area contributed by atoms with Crippen molar-refractivity contribution in [2.45, 2.75) is 13.0 Å². The van der Waals surface area contributed by atoms with E-state index in [0.29, 0.717) is 23.9 Å². The average molecular weight is 289 g/mol. The summed E-state index contributed by atoms with van der Waals surface area (Å²) in [7, 11) is 3.92. The number of anilines is 2. The van der Waals surface area contributed by atoms with E-state index in [1.165, 1.54) is 11.0 Å². The van der Waals surface area contributed by atoms with Crippen LogP contribution in [0.15, 0.2) is 12.7 Å². The molecule has 1 atom stereocenters. The fourth-order valence-electron chi connectivity index (χ4n) is 2.44. The van der Waals surface area contributed by atoms with Crippen LogP contribution in [0.4, 0.5) is 11.9 Å². The molecule has 1 unspecified atom stereocenters. The zero-order chi connectivity index (χ0) is 14.8. The zero-order valence-corrected chi connectivity index (χ0v) is 12.4. The van der Waals surface area contributed by atoms with Crippen LogP contribution in [-0.2, 0) is 0 Å². The number of rotatable bonds is 3. The van der Waals surface area contributed by atoms with Gasteiger partial charge in [-0.2, -0.15) is 24.7 Å². The van der Waals surface area contributed by atoms with Crippen molar-refractivity contribution in [1.82, 2.24) is 34.6 Å². The Morgan fingerprint density at radius 1 is 1.19 bits per heavy atom. The second-order valence-corrected chi connectivity index (χ2v) is 5.15. The van der Waals surface area contributed by atoms with Crippen molar-refractivity contribution in [3.05, 3.63) is 12.7 Å². The molecule has 0 amide bonds. The first-order valence-corrected chi connectivity index (χ1v) is 6.91. The fraction of sp³-hybridized carbons (Fsp3) is 0.583. The molecule has 1 aliphatic rings. The zero-order valence-electron chi connectivity index (χ0n) is 12.4. The molecule has 3 rings (SSSR count). The summed E-state index contributed by atoms with van der Waals surface area (Å²) in [5, 5.41) is 7.05. The van der Waals surface area contributed by atoms with Crippen molar-refractivity contribution in [3.8, 4) is 5.95 Å². The number of nitrogens with zero attached hydrogens (tertiary/aromatic N) is 8. The van der Waals surface area contributed by atoms with Gasteiger partial charge in [0.15, 0.2) is 0 Å². The highest BCUT2D eigenvalue weighted by molar-refractivity contribution is 5.41. The second kappa shape index (κ2) is 5.60. The Morgan fingerprint density at radius 3 is 2.67 bits per heavy atom. The molecule has 21 heavy (non-hydrogen) atoms. The van der Waals surface area contributed by atoms with Crippen LogP contribution in [0.25, 0.3) is 5.95 Å². The first-order chi connectivity index (χ1) is 10.2. The molecule has 0 aromatic carbocycles. The molecule has 2 aromatic rings. The van der Waals surface area contributed by atoms with Crippen molar-refractivity contribution in [3.63, 3.8) is 0 Å². The van der Waals surface area contributed by atoms with E-state index in [-0.39, 0.29) is 0 Å². The first kappa shape index (κ1) is 13.7. The second-order valence-electron chi connectivity index (χ2n) is 5.15. The summed E-state index contributed by atoms with van der Waals surface area (Å²) in [5.74, 6) is 1.66. The number of hydrogen-bond acceptors (Lipinski definition) is 8. The molecule has 0 saturated carbocycles. The van der Waals surface area contributed by atoms with Crippen LogP contribution >= 0.6 is 0 Å². The lowest BCUT2D eigenvalue weighted by Crippen LogP contribution is -2.51. The molecule has 9 heteroatoms. The van der Waals surface area contributed by atoms with E-state index in [2.05, 4.69) is 54.1 Å². The molecule has 0 aliphatic carbocycles. The van der Waals surface area contributed by atoms with Crippen LogP contribution in [0.2, 0.25) is 0 Å². The SMILES string of the molecule is CNc1nc(N2CCN(C)CC2C)nc(-n2cncn2)n1. The van der Waals surface area contributed by atoms with Crippen LogP contribution in [0, 0.1) is 0 Å². The van der Waals surface area contributed by atoms with E-state index in [9.17, 15) is 0 Å². The summed E-state index contributed by atoms with van der Waals surface area (Å²) < 4.78 is 1.53. The standard InChI is InChI=1S/C12H19N9/c1-9-6-19(3)4-5-20(9)11-16-10(13-2)17-12(18-11)21-8-14-7-15-21/h7-9H,4-6H2,1-3H3,(H,13,16,17,18). The van der Waals surface area contributed by atoms with Gasteiger partial charge in [0.05, 0.1) is 0 Å². The number of likely N-dealkylation sites (N-methyl/N-ethyl adjacent to an activating group) is 1. The van der Waals surface area contributed by atoms with Crippen LogP contribution < -0.4 is 10.2 Å². The summed E-state index contributed by atoms with van der Waals surface area (Å²) >= 11 is 0. The smallest absolute Gasteiger partial charge is 0.258 e. The Kier molecular flexibility index (Phi) is 3.65. The van der Waals surface area contributed by atoms with Crippen molar-refractivity contribution in [2.24, 2.45) is 0 Å². The van der Waals surface area contributed by atoms with E-state index >= 15 is 0 Å². The lowest BCUT2D eigenvalue weighted by Gasteiger charge is -2.38. The Bertz CT molecular complexity index is 597. The van der Waals surface area contributed by atoms with Crippen LogP contribution in [-0.4, -0.2) is 74.4 Å². The summed E-state index contributed by atoms with van der Waals surface area (Å²) in [6.07, 6.45) is 3.03. The third kappa shape index (κ3) is 2.77. The van der Waals surface area contributed by atoms with Gasteiger partial charge < -0.3 is 15.1 Å². The van der Waals surface area contributed by atoms with Crippen molar-refractivity contribution >= 4 is 11.9 Å². The van der Waals surface area contributed by atoms with Gasteiger partial charge in [-0.15, -0.1) is 0 Å². The fourth-order valence-corrected chi connectivity index (χ4v) is 2.44. The lowest BCUT2D eigenvalue weighted by atomic mass is 10.2. The normalized spacial score (nSPS) is 19.8. The molecule has 9 nitrogen and oxygen atoms in total. The van der Waals surface area contributed by atoms with Crippen LogP contribution in [0.5, 0.6) is 0 Å². The minimum Gasteiger partial charge on any atom is -0.357 e. The highest BCUT2D eigenvalue weighted by atomic mass is 15.4. The number of aromatic nitrogens is 6. The number of piperazine rings is 1. The highest BCUT2D eigenvalue weighted by Gasteiger charge is 2.24. The summed E-state index contributed by atoms with van der Waals surface area (Å²) in [6, 6.07) is 0.347. The summed E-state index contributed by atoms with van der Waals surface area (Å²) in [6.45, 7) is 5.04.